The highest BCUT2D eigenvalue weighted by Crippen LogP contribution is 2.31. The number of carbonyl (C=O) groups is 3. The van der Waals surface area contributed by atoms with Crippen LogP contribution in [0.1, 0.15) is 22.8 Å². The number of esters is 1. The minimum atomic E-state index is -0.713. The van der Waals surface area contributed by atoms with Crippen LogP contribution in [0.5, 0.6) is 5.75 Å². The highest BCUT2D eigenvalue weighted by Gasteiger charge is 2.19. The number of nitrogens with zero attached hydrogens (tertiary/aromatic N) is 1. The van der Waals surface area contributed by atoms with Gasteiger partial charge in [0.15, 0.2) is 5.75 Å². The second kappa shape index (κ2) is 7.98. The Morgan fingerprint density at radius 1 is 1.39 bits per heavy atom. The number of phenols is 1. The molecule has 0 fully saturated rings. The van der Waals surface area contributed by atoms with E-state index in [1.807, 2.05) is 0 Å². The average molecular weight is 320 g/mol. The van der Waals surface area contributed by atoms with E-state index < -0.39 is 11.9 Å². The van der Waals surface area contributed by atoms with Crippen molar-refractivity contribution in [2.45, 2.75) is 13.8 Å². The highest BCUT2D eigenvalue weighted by molar-refractivity contribution is 6.01. The summed E-state index contributed by atoms with van der Waals surface area (Å²) in [6.07, 6.45) is 1.12. The van der Waals surface area contributed by atoms with Crippen molar-refractivity contribution in [2.75, 3.05) is 25.5 Å². The van der Waals surface area contributed by atoms with E-state index in [9.17, 15) is 19.5 Å². The van der Waals surface area contributed by atoms with Crippen LogP contribution >= 0.6 is 0 Å². The number of aryl methyl sites for hydroxylation is 1. The molecule has 1 aromatic rings. The molecule has 0 saturated carbocycles. The second-order valence-electron chi connectivity index (χ2n) is 4.75. The van der Waals surface area contributed by atoms with Crippen LogP contribution < -0.4 is 5.32 Å². The lowest BCUT2D eigenvalue weighted by Crippen LogP contribution is -2.36. The first-order valence-electron chi connectivity index (χ1n) is 6.97. The fraction of sp³-hybridized carbons (Fsp3) is 0.312. The Kier molecular flexibility index (Phi) is 6.32. The van der Waals surface area contributed by atoms with E-state index in [2.05, 4.69) is 16.6 Å². The van der Waals surface area contributed by atoms with Gasteiger partial charge in [-0.2, -0.15) is 0 Å². The molecule has 0 aromatic heterocycles. The van der Waals surface area contributed by atoms with Crippen molar-refractivity contribution in [1.29, 1.82) is 0 Å². The SMILES string of the molecule is C=CC(=O)N(CC)CC(=O)Nc1c(C)ccc(C(=O)OC)c1O. The zero-order valence-electron chi connectivity index (χ0n) is 13.4. The molecule has 0 aliphatic heterocycles. The number of likely N-dealkylation sites (N-methyl/N-ethyl adjacent to an activating group) is 1. The van der Waals surface area contributed by atoms with Gasteiger partial charge in [0.1, 0.15) is 12.1 Å². The summed E-state index contributed by atoms with van der Waals surface area (Å²) in [6, 6.07) is 2.99. The van der Waals surface area contributed by atoms with Gasteiger partial charge in [0, 0.05) is 6.54 Å². The maximum Gasteiger partial charge on any atom is 0.341 e. The van der Waals surface area contributed by atoms with Gasteiger partial charge in [0.25, 0.3) is 0 Å². The molecular formula is C16H20N2O5. The Balaban J connectivity index is 3.00. The lowest BCUT2D eigenvalue weighted by molar-refractivity contribution is -0.130. The summed E-state index contributed by atoms with van der Waals surface area (Å²) in [6.45, 7) is 6.92. The molecule has 23 heavy (non-hydrogen) atoms. The Morgan fingerprint density at radius 2 is 2.04 bits per heavy atom. The zero-order chi connectivity index (χ0) is 17.6. The van der Waals surface area contributed by atoms with Crippen molar-refractivity contribution in [2.24, 2.45) is 0 Å². The molecule has 0 atom stereocenters. The van der Waals surface area contributed by atoms with E-state index >= 15 is 0 Å². The molecule has 7 heteroatoms. The van der Waals surface area contributed by atoms with Crippen LogP contribution in [0.2, 0.25) is 0 Å². The molecule has 2 amide bonds. The van der Waals surface area contributed by atoms with E-state index in [1.54, 1.807) is 19.9 Å². The first-order valence-corrected chi connectivity index (χ1v) is 6.97. The number of rotatable bonds is 6. The van der Waals surface area contributed by atoms with Crippen molar-refractivity contribution >= 4 is 23.5 Å². The molecule has 1 rings (SSSR count). The Bertz CT molecular complexity index is 640. The summed E-state index contributed by atoms with van der Waals surface area (Å²) in [7, 11) is 1.19. The van der Waals surface area contributed by atoms with Crippen LogP contribution in [-0.2, 0) is 14.3 Å². The van der Waals surface area contributed by atoms with Crippen LogP contribution in [0.15, 0.2) is 24.8 Å². The summed E-state index contributed by atoms with van der Waals surface area (Å²) in [5.41, 5.74) is 0.629. The standard InChI is InChI=1S/C16H20N2O5/c1-5-13(20)18(6-2)9-12(19)17-14-10(3)7-8-11(15(14)21)16(22)23-4/h5,7-8,21H,1,6,9H2,2-4H3,(H,17,19). The molecule has 0 spiro atoms. The molecule has 7 nitrogen and oxygen atoms in total. The molecule has 2 N–H and O–H groups in total. The van der Waals surface area contributed by atoms with Crippen molar-refractivity contribution in [1.82, 2.24) is 4.90 Å². The number of phenolic OH excluding ortho intramolecular Hbond substituents is 1. The van der Waals surface area contributed by atoms with E-state index in [1.165, 1.54) is 18.1 Å². The minimum Gasteiger partial charge on any atom is -0.505 e. The van der Waals surface area contributed by atoms with Gasteiger partial charge in [0.2, 0.25) is 11.8 Å². The van der Waals surface area contributed by atoms with Gasteiger partial charge in [-0.05, 0) is 31.6 Å². The third-order valence-electron chi connectivity index (χ3n) is 3.26. The van der Waals surface area contributed by atoms with Crippen molar-refractivity contribution < 1.29 is 24.2 Å². The molecule has 1 aromatic carbocycles. The van der Waals surface area contributed by atoms with E-state index in [0.717, 1.165) is 6.08 Å². The Morgan fingerprint density at radius 3 is 2.57 bits per heavy atom. The minimum absolute atomic E-state index is 0.0529. The van der Waals surface area contributed by atoms with E-state index in [0.29, 0.717) is 12.1 Å². The third kappa shape index (κ3) is 4.32. The van der Waals surface area contributed by atoms with Crippen molar-refractivity contribution in [3.8, 4) is 5.75 Å². The molecular weight excluding hydrogens is 300 g/mol. The number of nitrogens with one attached hydrogen (secondary N) is 1. The quantitative estimate of drug-likeness (QED) is 0.470. The lowest BCUT2D eigenvalue weighted by Gasteiger charge is -2.19. The van der Waals surface area contributed by atoms with Crippen LogP contribution in [0.4, 0.5) is 5.69 Å². The molecule has 0 radical (unpaired) electrons. The number of anilines is 1. The van der Waals surface area contributed by atoms with Crippen LogP contribution in [-0.4, -0.2) is 48.0 Å². The molecule has 124 valence electrons. The molecule has 0 heterocycles. The summed E-state index contributed by atoms with van der Waals surface area (Å²) in [5.74, 6) is -1.95. The maximum atomic E-state index is 12.1. The first-order chi connectivity index (χ1) is 10.8. The lowest BCUT2D eigenvalue weighted by atomic mass is 10.1. The van der Waals surface area contributed by atoms with Gasteiger partial charge in [-0.25, -0.2) is 4.79 Å². The maximum absolute atomic E-state index is 12.1. The predicted octanol–water partition coefficient (Wildman–Crippen LogP) is 1.46. The number of amides is 2. The largest absolute Gasteiger partial charge is 0.505 e. The van der Waals surface area contributed by atoms with Gasteiger partial charge < -0.3 is 20.1 Å². The zero-order valence-corrected chi connectivity index (χ0v) is 13.4. The average Bonchev–Trinajstić information content (AvgIpc) is 2.55. The van der Waals surface area contributed by atoms with E-state index in [-0.39, 0.29) is 29.5 Å². The summed E-state index contributed by atoms with van der Waals surface area (Å²) in [4.78, 5) is 36.5. The Hall–Kier alpha value is -2.83. The number of ether oxygens (including phenoxy) is 1. The highest BCUT2D eigenvalue weighted by atomic mass is 16.5. The van der Waals surface area contributed by atoms with Crippen LogP contribution in [0.3, 0.4) is 0 Å². The number of carbonyl (C=O) groups excluding carboxylic acids is 3. The predicted molar refractivity (Wildman–Crippen MR) is 85.3 cm³/mol. The van der Waals surface area contributed by atoms with E-state index in [4.69, 9.17) is 0 Å². The van der Waals surface area contributed by atoms with Crippen LogP contribution in [0, 0.1) is 6.92 Å². The van der Waals surface area contributed by atoms with Gasteiger partial charge in [-0.3, -0.25) is 9.59 Å². The van der Waals surface area contributed by atoms with Gasteiger partial charge in [-0.15, -0.1) is 0 Å². The summed E-state index contributed by atoms with van der Waals surface area (Å²) < 4.78 is 4.57. The second-order valence-corrected chi connectivity index (χ2v) is 4.75. The third-order valence-corrected chi connectivity index (χ3v) is 3.26. The number of benzene rings is 1. The molecule has 0 unspecified atom stereocenters. The number of methoxy groups -OCH3 is 1. The fourth-order valence-electron chi connectivity index (χ4n) is 1.95. The summed E-state index contributed by atoms with van der Waals surface area (Å²) >= 11 is 0. The number of hydrogen-bond acceptors (Lipinski definition) is 5. The Labute approximate surface area is 134 Å². The number of hydrogen-bond donors (Lipinski definition) is 2. The fourth-order valence-corrected chi connectivity index (χ4v) is 1.95. The van der Waals surface area contributed by atoms with Gasteiger partial charge >= 0.3 is 5.97 Å². The van der Waals surface area contributed by atoms with Gasteiger partial charge in [-0.1, -0.05) is 12.6 Å². The van der Waals surface area contributed by atoms with Crippen LogP contribution in [0.25, 0.3) is 0 Å². The van der Waals surface area contributed by atoms with Crippen molar-refractivity contribution in [3.63, 3.8) is 0 Å². The molecule has 0 saturated heterocycles. The molecule has 0 bridgehead atoms. The first kappa shape index (κ1) is 18.2. The monoisotopic (exact) mass is 320 g/mol. The smallest absolute Gasteiger partial charge is 0.341 e. The van der Waals surface area contributed by atoms with Crippen molar-refractivity contribution in [3.05, 3.63) is 35.9 Å². The summed E-state index contributed by atoms with van der Waals surface area (Å²) in [5, 5.41) is 12.7. The number of aromatic hydroxyl groups is 1. The molecule has 0 aliphatic carbocycles. The van der Waals surface area contributed by atoms with Gasteiger partial charge in [0.05, 0.1) is 12.8 Å². The topological polar surface area (TPSA) is 95.9 Å². The normalized spacial score (nSPS) is 9.87. The molecule has 0 aliphatic rings.